The molecule has 0 bridgehead atoms. The number of aromatic nitrogens is 1. The van der Waals surface area contributed by atoms with Crippen LogP contribution in [-0.4, -0.2) is 48.2 Å². The molecule has 0 aliphatic carbocycles. The SMILES string of the molecule is Cc1nc2ccc(N3CCN(C)CC3)cc2c(-c2ccc(F)cc2)c1C(C)O. The highest BCUT2D eigenvalue weighted by Crippen LogP contribution is 2.38. The van der Waals surface area contributed by atoms with E-state index < -0.39 is 6.10 Å². The lowest BCUT2D eigenvalue weighted by atomic mass is 9.91. The van der Waals surface area contributed by atoms with Crippen LogP contribution in [-0.2, 0) is 0 Å². The Morgan fingerprint density at radius 3 is 2.36 bits per heavy atom. The van der Waals surface area contributed by atoms with E-state index in [9.17, 15) is 9.50 Å². The molecule has 1 fully saturated rings. The second-order valence-corrected chi connectivity index (χ2v) is 7.66. The fourth-order valence-corrected chi connectivity index (χ4v) is 4.09. The van der Waals surface area contributed by atoms with Crippen LogP contribution in [0.2, 0.25) is 0 Å². The molecule has 28 heavy (non-hydrogen) atoms. The molecule has 2 aromatic carbocycles. The van der Waals surface area contributed by atoms with Crippen LogP contribution in [0.4, 0.5) is 10.1 Å². The summed E-state index contributed by atoms with van der Waals surface area (Å²) in [6.45, 7) is 7.71. The average Bonchev–Trinajstić information content (AvgIpc) is 2.68. The van der Waals surface area contributed by atoms with E-state index in [0.717, 1.165) is 65.2 Å². The maximum absolute atomic E-state index is 13.5. The van der Waals surface area contributed by atoms with Gasteiger partial charge in [-0.1, -0.05) is 12.1 Å². The zero-order valence-corrected chi connectivity index (χ0v) is 16.6. The molecule has 0 radical (unpaired) electrons. The van der Waals surface area contributed by atoms with Gasteiger partial charge in [0.05, 0.1) is 11.6 Å². The van der Waals surface area contributed by atoms with E-state index in [1.54, 1.807) is 19.1 Å². The molecule has 1 saturated heterocycles. The molecule has 1 aliphatic rings. The van der Waals surface area contributed by atoms with E-state index in [1.807, 2.05) is 6.92 Å². The van der Waals surface area contributed by atoms with Crippen molar-refractivity contribution in [1.29, 1.82) is 0 Å². The second-order valence-electron chi connectivity index (χ2n) is 7.66. The number of hydrogen-bond acceptors (Lipinski definition) is 4. The summed E-state index contributed by atoms with van der Waals surface area (Å²) in [5, 5.41) is 11.5. The first-order chi connectivity index (χ1) is 13.4. The Morgan fingerprint density at radius 2 is 1.71 bits per heavy atom. The molecular formula is C23H26FN3O. The summed E-state index contributed by atoms with van der Waals surface area (Å²) < 4.78 is 13.5. The smallest absolute Gasteiger partial charge is 0.123 e. The molecule has 1 aliphatic heterocycles. The van der Waals surface area contributed by atoms with Gasteiger partial charge >= 0.3 is 0 Å². The summed E-state index contributed by atoms with van der Waals surface area (Å²) in [6.07, 6.45) is -0.663. The van der Waals surface area contributed by atoms with E-state index >= 15 is 0 Å². The fraction of sp³-hybridized carbons (Fsp3) is 0.348. The molecular weight excluding hydrogens is 353 g/mol. The first-order valence-electron chi connectivity index (χ1n) is 9.76. The summed E-state index contributed by atoms with van der Waals surface area (Å²) in [5.74, 6) is -0.268. The number of nitrogens with zero attached hydrogens (tertiary/aromatic N) is 3. The van der Waals surface area contributed by atoms with E-state index in [0.29, 0.717) is 0 Å². The number of rotatable bonds is 3. The van der Waals surface area contributed by atoms with Crippen LogP contribution in [0, 0.1) is 12.7 Å². The third kappa shape index (κ3) is 3.48. The first kappa shape index (κ1) is 18.8. The Balaban J connectivity index is 1.92. The zero-order chi connectivity index (χ0) is 19.8. The summed E-state index contributed by atoms with van der Waals surface area (Å²) >= 11 is 0. The molecule has 1 N–H and O–H groups in total. The highest BCUT2D eigenvalue weighted by molar-refractivity contribution is 5.98. The molecule has 146 valence electrons. The van der Waals surface area contributed by atoms with Crippen molar-refractivity contribution >= 4 is 16.6 Å². The van der Waals surface area contributed by atoms with Crippen LogP contribution in [0.3, 0.4) is 0 Å². The number of aliphatic hydroxyl groups excluding tert-OH is 1. The van der Waals surface area contributed by atoms with Gasteiger partial charge in [0.2, 0.25) is 0 Å². The maximum atomic E-state index is 13.5. The second kappa shape index (κ2) is 7.49. The predicted octanol–water partition coefficient (Wildman–Crippen LogP) is 4.15. The van der Waals surface area contributed by atoms with Gasteiger partial charge in [-0.3, -0.25) is 4.98 Å². The van der Waals surface area contributed by atoms with Gasteiger partial charge in [0.1, 0.15) is 5.82 Å². The van der Waals surface area contributed by atoms with E-state index in [1.165, 1.54) is 12.1 Å². The predicted molar refractivity (Wildman–Crippen MR) is 112 cm³/mol. The summed E-state index contributed by atoms with van der Waals surface area (Å²) in [4.78, 5) is 9.45. The van der Waals surface area contributed by atoms with Gasteiger partial charge in [-0.15, -0.1) is 0 Å². The highest BCUT2D eigenvalue weighted by atomic mass is 19.1. The number of hydrogen-bond donors (Lipinski definition) is 1. The zero-order valence-electron chi connectivity index (χ0n) is 16.6. The van der Waals surface area contributed by atoms with Crippen molar-refractivity contribution in [2.24, 2.45) is 0 Å². The molecule has 3 aromatic rings. The average molecular weight is 379 g/mol. The van der Waals surface area contributed by atoms with Crippen molar-refractivity contribution in [2.75, 3.05) is 38.1 Å². The van der Waals surface area contributed by atoms with Crippen molar-refractivity contribution in [3.05, 3.63) is 59.5 Å². The van der Waals surface area contributed by atoms with Gasteiger partial charge in [-0.2, -0.15) is 0 Å². The van der Waals surface area contributed by atoms with E-state index in [4.69, 9.17) is 4.98 Å². The lowest BCUT2D eigenvalue weighted by molar-refractivity contribution is 0.199. The van der Waals surface area contributed by atoms with Crippen LogP contribution in [0.15, 0.2) is 42.5 Å². The topological polar surface area (TPSA) is 39.6 Å². The van der Waals surface area contributed by atoms with Crippen LogP contribution < -0.4 is 4.90 Å². The molecule has 2 heterocycles. The minimum absolute atomic E-state index is 0.268. The highest BCUT2D eigenvalue weighted by Gasteiger charge is 2.20. The minimum atomic E-state index is -0.663. The quantitative estimate of drug-likeness (QED) is 0.742. The van der Waals surface area contributed by atoms with Crippen molar-refractivity contribution in [1.82, 2.24) is 9.88 Å². The summed E-state index contributed by atoms with van der Waals surface area (Å²) in [6, 6.07) is 12.8. The van der Waals surface area contributed by atoms with Crippen LogP contribution in [0.25, 0.3) is 22.0 Å². The number of aliphatic hydroxyl groups is 1. The van der Waals surface area contributed by atoms with E-state index in [2.05, 4.69) is 35.0 Å². The van der Waals surface area contributed by atoms with Crippen molar-refractivity contribution < 1.29 is 9.50 Å². The molecule has 1 aromatic heterocycles. The van der Waals surface area contributed by atoms with Gasteiger partial charge in [0.25, 0.3) is 0 Å². The molecule has 1 atom stereocenters. The number of aryl methyl sites for hydroxylation is 1. The lowest BCUT2D eigenvalue weighted by Gasteiger charge is -2.34. The van der Waals surface area contributed by atoms with Crippen LogP contribution in [0.5, 0.6) is 0 Å². The third-order valence-electron chi connectivity index (χ3n) is 5.62. The number of anilines is 1. The molecule has 4 rings (SSSR count). The Bertz CT molecular complexity index is 993. The fourth-order valence-electron chi connectivity index (χ4n) is 4.09. The maximum Gasteiger partial charge on any atom is 0.123 e. The van der Waals surface area contributed by atoms with Gasteiger partial charge in [-0.05, 0) is 62.4 Å². The van der Waals surface area contributed by atoms with Gasteiger partial charge < -0.3 is 14.9 Å². The monoisotopic (exact) mass is 379 g/mol. The molecule has 0 amide bonds. The third-order valence-corrected chi connectivity index (χ3v) is 5.62. The molecule has 4 nitrogen and oxygen atoms in total. The van der Waals surface area contributed by atoms with Crippen molar-refractivity contribution in [3.63, 3.8) is 0 Å². The first-order valence-corrected chi connectivity index (χ1v) is 9.76. The van der Waals surface area contributed by atoms with Crippen LogP contribution >= 0.6 is 0 Å². The normalized spacial score (nSPS) is 16.5. The molecule has 5 heteroatoms. The standard InChI is InChI=1S/C23H26FN3O/c1-15-22(16(2)28)23(17-4-6-18(24)7-5-17)20-14-19(8-9-21(20)25-15)27-12-10-26(3)11-13-27/h4-9,14,16,28H,10-13H2,1-3H3. The number of likely N-dealkylation sites (N-methyl/N-ethyl adjacent to an activating group) is 1. The number of halogens is 1. The Hall–Kier alpha value is -2.50. The summed E-state index contributed by atoms with van der Waals surface area (Å²) in [5.41, 5.74) is 5.48. The number of pyridine rings is 1. The Kier molecular flexibility index (Phi) is 5.04. The number of benzene rings is 2. The van der Waals surface area contributed by atoms with Gasteiger partial charge in [-0.25, -0.2) is 4.39 Å². The molecule has 0 saturated carbocycles. The largest absolute Gasteiger partial charge is 0.389 e. The van der Waals surface area contributed by atoms with Gasteiger partial charge in [0.15, 0.2) is 0 Å². The van der Waals surface area contributed by atoms with Crippen molar-refractivity contribution in [3.8, 4) is 11.1 Å². The summed E-state index contributed by atoms with van der Waals surface area (Å²) in [7, 11) is 2.14. The number of piperazine rings is 1. The van der Waals surface area contributed by atoms with Gasteiger partial charge in [0, 0.05) is 48.5 Å². The Morgan fingerprint density at radius 1 is 1.04 bits per heavy atom. The molecule has 0 spiro atoms. The number of fused-ring (bicyclic) bond motifs is 1. The lowest BCUT2D eigenvalue weighted by Crippen LogP contribution is -2.44. The van der Waals surface area contributed by atoms with E-state index in [-0.39, 0.29) is 5.82 Å². The molecule has 1 unspecified atom stereocenters. The minimum Gasteiger partial charge on any atom is -0.389 e. The Labute approximate surface area is 165 Å². The van der Waals surface area contributed by atoms with Crippen LogP contribution in [0.1, 0.15) is 24.3 Å². The van der Waals surface area contributed by atoms with Crippen molar-refractivity contribution in [2.45, 2.75) is 20.0 Å².